The second kappa shape index (κ2) is 6.81. The number of hydrogen-bond donors (Lipinski definition) is 2. The number of pyridine rings is 1. The third-order valence-electron chi connectivity index (χ3n) is 3.04. The molecule has 0 aliphatic rings. The summed E-state index contributed by atoms with van der Waals surface area (Å²) in [6.45, 7) is 2.88. The topological polar surface area (TPSA) is 86.0 Å². The van der Waals surface area contributed by atoms with Crippen molar-refractivity contribution in [3.63, 3.8) is 0 Å². The Labute approximate surface area is 118 Å². The van der Waals surface area contributed by atoms with Gasteiger partial charge >= 0.3 is 0 Å². The second-order valence-electron chi connectivity index (χ2n) is 4.39. The van der Waals surface area contributed by atoms with E-state index >= 15 is 0 Å². The van der Waals surface area contributed by atoms with Crippen LogP contribution in [-0.4, -0.2) is 28.8 Å². The summed E-state index contributed by atoms with van der Waals surface area (Å²) in [4.78, 5) is 4.12. The average molecular weight is 273 g/mol. The summed E-state index contributed by atoms with van der Waals surface area (Å²) in [7, 11) is 1.57. The maximum absolute atomic E-state index is 5.96. The molecule has 2 heterocycles. The summed E-state index contributed by atoms with van der Waals surface area (Å²) in [6.07, 6.45) is 4.19. The number of nitrogens with two attached hydrogens (primary N) is 1. The van der Waals surface area contributed by atoms with E-state index in [-0.39, 0.29) is 6.04 Å². The van der Waals surface area contributed by atoms with Crippen LogP contribution in [0.2, 0.25) is 0 Å². The Kier molecular flexibility index (Phi) is 4.84. The number of hydrogen-bond acceptors (Lipinski definition) is 6. The van der Waals surface area contributed by atoms with Crippen molar-refractivity contribution in [3.05, 3.63) is 41.9 Å². The molecule has 0 aliphatic carbocycles. The highest BCUT2D eigenvalue weighted by atomic mass is 16.5. The van der Waals surface area contributed by atoms with Gasteiger partial charge in [0, 0.05) is 24.1 Å². The highest BCUT2D eigenvalue weighted by Crippen LogP contribution is 2.20. The van der Waals surface area contributed by atoms with E-state index in [2.05, 4.69) is 27.4 Å². The van der Waals surface area contributed by atoms with Gasteiger partial charge in [0.15, 0.2) is 0 Å². The number of methoxy groups -OCH3 is 1. The molecule has 6 heteroatoms. The monoisotopic (exact) mass is 273 g/mol. The van der Waals surface area contributed by atoms with Gasteiger partial charge in [-0.15, -0.1) is 5.10 Å². The molecule has 2 rings (SSSR count). The summed E-state index contributed by atoms with van der Waals surface area (Å²) < 4.78 is 5.02. The summed E-state index contributed by atoms with van der Waals surface area (Å²) in [6, 6.07) is 5.56. The van der Waals surface area contributed by atoms with E-state index in [0.717, 1.165) is 23.5 Å². The fourth-order valence-electron chi connectivity index (χ4n) is 1.98. The number of nitrogens with one attached hydrogen (secondary N) is 1. The number of anilines is 1. The van der Waals surface area contributed by atoms with Gasteiger partial charge < -0.3 is 15.8 Å². The van der Waals surface area contributed by atoms with Crippen molar-refractivity contribution in [2.24, 2.45) is 0 Å². The van der Waals surface area contributed by atoms with E-state index < -0.39 is 0 Å². The maximum atomic E-state index is 5.96. The number of ether oxygens (including phenoxy) is 1. The third-order valence-corrected chi connectivity index (χ3v) is 3.04. The molecule has 0 amide bonds. The van der Waals surface area contributed by atoms with Gasteiger partial charge in [-0.2, -0.15) is 5.10 Å². The fraction of sp³-hybridized carbons (Fsp3) is 0.357. The van der Waals surface area contributed by atoms with Crippen molar-refractivity contribution in [1.29, 1.82) is 0 Å². The molecule has 0 fully saturated rings. The Bertz CT molecular complexity index is 544. The van der Waals surface area contributed by atoms with Crippen LogP contribution in [0.4, 0.5) is 5.69 Å². The van der Waals surface area contributed by atoms with Crippen molar-refractivity contribution in [2.75, 3.05) is 19.4 Å². The zero-order valence-electron chi connectivity index (χ0n) is 11.7. The minimum atomic E-state index is 0.0462. The molecule has 0 radical (unpaired) electrons. The molecular weight excluding hydrogens is 254 g/mol. The standard InChI is InChI=1S/C14H19N5O/c1-3-17-13(8-10-9-16-7-6-11(10)15)12-4-5-14(20-2)19-18-12/h4-7,9,13,17H,3,8H2,1-2H3,(H2,15,16). The molecular formula is C14H19N5O. The average Bonchev–Trinajstić information content (AvgIpc) is 2.49. The van der Waals surface area contributed by atoms with Crippen LogP contribution >= 0.6 is 0 Å². The number of likely N-dealkylation sites (N-methyl/N-ethyl adjacent to an activating group) is 1. The lowest BCUT2D eigenvalue weighted by Crippen LogP contribution is -2.24. The first-order valence-electron chi connectivity index (χ1n) is 6.54. The van der Waals surface area contributed by atoms with Gasteiger partial charge in [0.2, 0.25) is 5.88 Å². The second-order valence-corrected chi connectivity index (χ2v) is 4.39. The molecule has 0 aliphatic heterocycles. The molecule has 0 spiro atoms. The third kappa shape index (κ3) is 3.42. The lowest BCUT2D eigenvalue weighted by molar-refractivity contribution is 0.389. The molecule has 3 N–H and O–H groups in total. The normalized spacial score (nSPS) is 12.1. The van der Waals surface area contributed by atoms with E-state index in [1.54, 1.807) is 31.6 Å². The van der Waals surface area contributed by atoms with Crippen molar-refractivity contribution in [2.45, 2.75) is 19.4 Å². The van der Waals surface area contributed by atoms with Gasteiger partial charge in [0.25, 0.3) is 0 Å². The quantitative estimate of drug-likeness (QED) is 0.826. The van der Waals surface area contributed by atoms with E-state index in [1.807, 2.05) is 6.07 Å². The van der Waals surface area contributed by atoms with Crippen LogP contribution in [0.25, 0.3) is 0 Å². The molecule has 2 aromatic rings. The highest BCUT2D eigenvalue weighted by molar-refractivity contribution is 5.45. The van der Waals surface area contributed by atoms with Gasteiger partial charge in [0.05, 0.1) is 18.8 Å². The van der Waals surface area contributed by atoms with Gasteiger partial charge in [0.1, 0.15) is 0 Å². The molecule has 1 atom stereocenters. The predicted octanol–water partition coefficient (Wildman–Crippen LogP) is 1.36. The zero-order chi connectivity index (χ0) is 14.4. The lowest BCUT2D eigenvalue weighted by atomic mass is 10.0. The van der Waals surface area contributed by atoms with Crippen LogP contribution in [0.3, 0.4) is 0 Å². The lowest BCUT2D eigenvalue weighted by Gasteiger charge is -2.17. The van der Waals surface area contributed by atoms with Gasteiger partial charge in [-0.1, -0.05) is 6.92 Å². The Morgan fingerprint density at radius 2 is 2.15 bits per heavy atom. The van der Waals surface area contributed by atoms with Gasteiger partial charge in [-0.3, -0.25) is 4.98 Å². The van der Waals surface area contributed by atoms with Crippen molar-refractivity contribution in [1.82, 2.24) is 20.5 Å². The Hall–Kier alpha value is -2.21. The van der Waals surface area contributed by atoms with E-state index in [9.17, 15) is 0 Å². The van der Waals surface area contributed by atoms with Crippen LogP contribution in [-0.2, 0) is 6.42 Å². The first-order chi connectivity index (χ1) is 9.74. The number of nitrogens with zero attached hydrogens (tertiary/aromatic N) is 3. The van der Waals surface area contributed by atoms with E-state index in [4.69, 9.17) is 10.5 Å². The summed E-state index contributed by atoms with van der Waals surface area (Å²) in [5.41, 5.74) is 8.56. The molecule has 0 saturated heterocycles. The van der Waals surface area contributed by atoms with Gasteiger partial charge in [-0.25, -0.2) is 0 Å². The summed E-state index contributed by atoms with van der Waals surface area (Å²) >= 11 is 0. The first-order valence-corrected chi connectivity index (χ1v) is 6.54. The van der Waals surface area contributed by atoms with Crippen molar-refractivity contribution < 1.29 is 4.74 Å². The van der Waals surface area contributed by atoms with Crippen LogP contribution in [0.5, 0.6) is 5.88 Å². The molecule has 0 bridgehead atoms. The summed E-state index contributed by atoms with van der Waals surface area (Å²) in [5, 5.41) is 11.6. The number of rotatable bonds is 6. The van der Waals surface area contributed by atoms with Crippen LogP contribution in [0.15, 0.2) is 30.6 Å². The maximum Gasteiger partial charge on any atom is 0.233 e. The van der Waals surface area contributed by atoms with E-state index in [0.29, 0.717) is 12.3 Å². The zero-order valence-corrected chi connectivity index (χ0v) is 11.7. The van der Waals surface area contributed by atoms with Crippen LogP contribution in [0, 0.1) is 0 Å². The molecule has 2 aromatic heterocycles. The Morgan fingerprint density at radius 3 is 2.75 bits per heavy atom. The SMILES string of the molecule is CCNC(Cc1cnccc1N)c1ccc(OC)nn1. The van der Waals surface area contributed by atoms with Crippen molar-refractivity contribution in [3.8, 4) is 5.88 Å². The smallest absolute Gasteiger partial charge is 0.233 e. The molecule has 0 saturated carbocycles. The molecule has 106 valence electrons. The largest absolute Gasteiger partial charge is 0.480 e. The number of aromatic nitrogens is 3. The fourth-order valence-corrected chi connectivity index (χ4v) is 1.98. The predicted molar refractivity (Wildman–Crippen MR) is 77.4 cm³/mol. The minimum Gasteiger partial charge on any atom is -0.480 e. The molecule has 0 aromatic carbocycles. The van der Waals surface area contributed by atoms with Gasteiger partial charge in [-0.05, 0) is 30.7 Å². The minimum absolute atomic E-state index is 0.0462. The molecule has 20 heavy (non-hydrogen) atoms. The molecule has 1 unspecified atom stereocenters. The van der Waals surface area contributed by atoms with Crippen LogP contribution in [0.1, 0.15) is 24.2 Å². The van der Waals surface area contributed by atoms with Crippen LogP contribution < -0.4 is 15.8 Å². The number of nitrogen functional groups attached to an aromatic ring is 1. The van der Waals surface area contributed by atoms with E-state index in [1.165, 1.54) is 0 Å². The molecule has 6 nitrogen and oxygen atoms in total. The van der Waals surface area contributed by atoms with Crippen molar-refractivity contribution >= 4 is 5.69 Å². The first kappa shape index (κ1) is 14.2. The Morgan fingerprint density at radius 1 is 1.30 bits per heavy atom. The summed E-state index contributed by atoms with van der Waals surface area (Å²) in [5.74, 6) is 0.505. The Balaban J connectivity index is 2.19. The highest BCUT2D eigenvalue weighted by Gasteiger charge is 2.15.